The Labute approximate surface area is 101 Å². The molecule has 1 amide bonds. The van der Waals surface area contributed by atoms with Gasteiger partial charge in [0.15, 0.2) is 0 Å². The summed E-state index contributed by atoms with van der Waals surface area (Å²) in [6.45, 7) is 0. The van der Waals surface area contributed by atoms with Crippen molar-refractivity contribution >= 4 is 27.1 Å². The number of nitrogen functional groups attached to an aromatic ring is 1. The molecule has 0 aliphatic rings. The highest BCUT2D eigenvalue weighted by molar-refractivity contribution is 7.90. The van der Waals surface area contributed by atoms with E-state index in [9.17, 15) is 13.2 Å². The second-order valence-corrected chi connectivity index (χ2v) is 6.17. The second-order valence-electron chi connectivity index (χ2n) is 3.91. The molecule has 0 radical (unpaired) electrons. The first kappa shape index (κ1) is 13.5. The summed E-state index contributed by atoms with van der Waals surface area (Å²) in [5, 5.41) is 2.66. The van der Waals surface area contributed by atoms with Gasteiger partial charge < -0.3 is 11.1 Å². The van der Waals surface area contributed by atoms with Crippen molar-refractivity contribution in [3.63, 3.8) is 0 Å². The number of anilines is 2. The molecule has 0 aliphatic carbocycles. The van der Waals surface area contributed by atoms with Gasteiger partial charge in [0.05, 0.1) is 5.75 Å². The first-order valence-electron chi connectivity index (χ1n) is 5.20. The third-order valence-corrected chi connectivity index (χ3v) is 3.12. The smallest absolute Gasteiger partial charge is 0.224 e. The Bertz CT molecular complexity index is 497. The Morgan fingerprint density at radius 3 is 2.71 bits per heavy atom. The molecular formula is C11H16N2O3S. The number of nitrogens with one attached hydrogen (secondary N) is 1. The van der Waals surface area contributed by atoms with Crippen LogP contribution in [-0.4, -0.2) is 26.3 Å². The summed E-state index contributed by atoms with van der Waals surface area (Å²) in [6, 6.07) is 6.83. The van der Waals surface area contributed by atoms with Crippen molar-refractivity contribution < 1.29 is 13.2 Å². The summed E-state index contributed by atoms with van der Waals surface area (Å²) in [7, 11) is -3.00. The zero-order valence-corrected chi connectivity index (χ0v) is 10.5. The summed E-state index contributed by atoms with van der Waals surface area (Å²) in [6.07, 6.45) is 1.66. The standard InChI is InChI=1S/C11H16N2O3S/c1-17(15,16)7-3-6-11(14)13-10-5-2-4-9(12)8-10/h2,4-5,8H,3,6-7,12H2,1H3,(H,13,14). The predicted molar refractivity (Wildman–Crippen MR) is 68.4 cm³/mol. The second kappa shape index (κ2) is 5.67. The van der Waals surface area contributed by atoms with E-state index in [1.54, 1.807) is 24.3 Å². The summed E-state index contributed by atoms with van der Waals surface area (Å²) >= 11 is 0. The van der Waals surface area contributed by atoms with Crippen LogP contribution in [0.2, 0.25) is 0 Å². The maximum Gasteiger partial charge on any atom is 0.224 e. The molecule has 94 valence electrons. The average molecular weight is 256 g/mol. The van der Waals surface area contributed by atoms with Crippen LogP contribution in [-0.2, 0) is 14.6 Å². The van der Waals surface area contributed by atoms with Gasteiger partial charge in [-0.1, -0.05) is 6.07 Å². The molecule has 1 rings (SSSR count). The van der Waals surface area contributed by atoms with Gasteiger partial charge in [-0.3, -0.25) is 4.79 Å². The molecule has 0 heterocycles. The maximum absolute atomic E-state index is 11.5. The van der Waals surface area contributed by atoms with Gasteiger partial charge in [0, 0.05) is 24.1 Å². The molecule has 0 bridgehead atoms. The van der Waals surface area contributed by atoms with Crippen LogP contribution >= 0.6 is 0 Å². The van der Waals surface area contributed by atoms with E-state index in [4.69, 9.17) is 5.73 Å². The molecule has 0 unspecified atom stereocenters. The number of carbonyl (C=O) groups excluding carboxylic acids is 1. The van der Waals surface area contributed by atoms with E-state index in [0.717, 1.165) is 6.26 Å². The lowest BCUT2D eigenvalue weighted by Crippen LogP contribution is -2.13. The fraction of sp³-hybridized carbons (Fsp3) is 0.364. The summed E-state index contributed by atoms with van der Waals surface area (Å²) in [5.41, 5.74) is 6.75. The lowest BCUT2D eigenvalue weighted by Gasteiger charge is -2.05. The highest BCUT2D eigenvalue weighted by atomic mass is 32.2. The first-order valence-corrected chi connectivity index (χ1v) is 7.26. The van der Waals surface area contributed by atoms with Gasteiger partial charge in [0.1, 0.15) is 9.84 Å². The molecule has 6 heteroatoms. The average Bonchev–Trinajstić information content (AvgIpc) is 2.15. The first-order chi connectivity index (χ1) is 7.87. The number of carbonyl (C=O) groups is 1. The van der Waals surface area contributed by atoms with E-state index in [1.807, 2.05) is 0 Å². The minimum absolute atomic E-state index is 0.0251. The van der Waals surface area contributed by atoms with Gasteiger partial charge in [-0.05, 0) is 24.6 Å². The lowest BCUT2D eigenvalue weighted by atomic mass is 10.2. The molecule has 1 aromatic carbocycles. The van der Waals surface area contributed by atoms with Crippen molar-refractivity contribution in [1.29, 1.82) is 0 Å². The van der Waals surface area contributed by atoms with E-state index in [-0.39, 0.29) is 18.1 Å². The molecular weight excluding hydrogens is 240 g/mol. The van der Waals surface area contributed by atoms with E-state index < -0.39 is 9.84 Å². The monoisotopic (exact) mass is 256 g/mol. The molecule has 0 atom stereocenters. The third-order valence-electron chi connectivity index (χ3n) is 2.09. The maximum atomic E-state index is 11.5. The van der Waals surface area contributed by atoms with Crippen molar-refractivity contribution in [2.45, 2.75) is 12.8 Å². The van der Waals surface area contributed by atoms with Crippen molar-refractivity contribution in [2.75, 3.05) is 23.1 Å². The van der Waals surface area contributed by atoms with Crippen molar-refractivity contribution in [2.24, 2.45) is 0 Å². The summed E-state index contributed by atoms with van der Waals surface area (Å²) in [5.74, 6) is -0.184. The van der Waals surface area contributed by atoms with E-state index in [1.165, 1.54) is 0 Å². The van der Waals surface area contributed by atoms with E-state index in [2.05, 4.69) is 5.32 Å². The van der Waals surface area contributed by atoms with Gasteiger partial charge >= 0.3 is 0 Å². The Kier molecular flexibility index (Phi) is 4.51. The largest absolute Gasteiger partial charge is 0.399 e. The van der Waals surface area contributed by atoms with Gasteiger partial charge in [-0.25, -0.2) is 8.42 Å². The quantitative estimate of drug-likeness (QED) is 0.770. The molecule has 0 saturated carbocycles. The van der Waals surface area contributed by atoms with Crippen LogP contribution < -0.4 is 11.1 Å². The molecule has 3 N–H and O–H groups in total. The predicted octanol–water partition coefficient (Wildman–Crippen LogP) is 1.03. The zero-order valence-electron chi connectivity index (χ0n) is 9.64. The number of hydrogen-bond donors (Lipinski definition) is 2. The highest BCUT2D eigenvalue weighted by Gasteiger charge is 2.06. The fourth-order valence-electron chi connectivity index (χ4n) is 1.33. The molecule has 0 aliphatic heterocycles. The minimum Gasteiger partial charge on any atom is -0.399 e. The Morgan fingerprint density at radius 2 is 2.12 bits per heavy atom. The minimum atomic E-state index is -3.00. The number of hydrogen-bond acceptors (Lipinski definition) is 4. The van der Waals surface area contributed by atoms with Gasteiger partial charge in [0.25, 0.3) is 0 Å². The molecule has 5 nitrogen and oxygen atoms in total. The van der Waals surface area contributed by atoms with Gasteiger partial charge in [-0.2, -0.15) is 0 Å². The SMILES string of the molecule is CS(=O)(=O)CCCC(=O)Nc1cccc(N)c1. The topological polar surface area (TPSA) is 89.3 Å². The van der Waals surface area contributed by atoms with Crippen LogP contribution in [0.1, 0.15) is 12.8 Å². The highest BCUT2D eigenvalue weighted by Crippen LogP contribution is 2.12. The number of sulfone groups is 1. The Balaban J connectivity index is 2.40. The van der Waals surface area contributed by atoms with E-state index >= 15 is 0 Å². The summed E-state index contributed by atoms with van der Waals surface area (Å²) < 4.78 is 21.7. The molecule has 17 heavy (non-hydrogen) atoms. The molecule has 1 aromatic rings. The van der Waals surface area contributed by atoms with Crippen molar-refractivity contribution in [3.8, 4) is 0 Å². The molecule has 0 fully saturated rings. The molecule has 0 aromatic heterocycles. The van der Waals surface area contributed by atoms with Gasteiger partial charge in [0.2, 0.25) is 5.91 Å². The Morgan fingerprint density at radius 1 is 1.41 bits per heavy atom. The lowest BCUT2D eigenvalue weighted by molar-refractivity contribution is -0.116. The molecule has 0 spiro atoms. The van der Waals surface area contributed by atoms with Gasteiger partial charge in [-0.15, -0.1) is 0 Å². The van der Waals surface area contributed by atoms with Crippen LogP contribution in [0, 0.1) is 0 Å². The molecule has 0 saturated heterocycles. The van der Waals surface area contributed by atoms with E-state index in [0.29, 0.717) is 17.8 Å². The number of nitrogens with two attached hydrogens (primary N) is 1. The number of amides is 1. The van der Waals surface area contributed by atoms with Crippen LogP contribution in [0.4, 0.5) is 11.4 Å². The van der Waals surface area contributed by atoms with Crippen molar-refractivity contribution in [3.05, 3.63) is 24.3 Å². The van der Waals surface area contributed by atoms with Crippen LogP contribution in [0.15, 0.2) is 24.3 Å². The van der Waals surface area contributed by atoms with Crippen LogP contribution in [0.3, 0.4) is 0 Å². The van der Waals surface area contributed by atoms with Crippen molar-refractivity contribution in [1.82, 2.24) is 0 Å². The zero-order chi connectivity index (χ0) is 12.9. The Hall–Kier alpha value is -1.56. The normalized spacial score (nSPS) is 11.1. The summed E-state index contributed by atoms with van der Waals surface area (Å²) in [4.78, 5) is 11.5. The van der Waals surface area contributed by atoms with Crippen LogP contribution in [0.25, 0.3) is 0 Å². The third kappa shape index (κ3) is 5.91. The number of benzene rings is 1. The van der Waals surface area contributed by atoms with Crippen LogP contribution in [0.5, 0.6) is 0 Å². The fourth-order valence-corrected chi connectivity index (χ4v) is 2.00. The number of rotatable bonds is 5.